The molecule has 0 spiro atoms. The topological polar surface area (TPSA) is 44.8 Å². The van der Waals surface area contributed by atoms with Gasteiger partial charge in [-0.1, -0.05) is 23.7 Å². The smallest absolute Gasteiger partial charge is 0.385 e. The third kappa shape index (κ3) is 5.06. The largest absolute Gasteiger partial charge is 0.416 e. The molecule has 1 N–H and O–H groups in total. The van der Waals surface area contributed by atoms with Crippen LogP contribution in [-0.2, 0) is 22.1 Å². The zero-order valence-corrected chi connectivity index (χ0v) is 19.1. The van der Waals surface area contributed by atoms with Crippen molar-refractivity contribution in [3.05, 3.63) is 58.6 Å². The number of amides is 1. The highest BCUT2D eigenvalue weighted by atomic mass is 35.5. The lowest BCUT2D eigenvalue weighted by molar-refractivity contribution is -0.137. The Morgan fingerprint density at radius 1 is 1.18 bits per heavy atom. The molecule has 0 bridgehead atoms. The number of nitrogens with one attached hydrogen (secondary N) is 1. The Morgan fingerprint density at radius 2 is 1.97 bits per heavy atom. The quantitative estimate of drug-likeness (QED) is 0.622. The highest BCUT2D eigenvalue weighted by Gasteiger charge is 2.43. The van der Waals surface area contributed by atoms with E-state index < -0.39 is 17.7 Å². The number of ether oxygens (including phenoxy) is 1. The summed E-state index contributed by atoms with van der Waals surface area (Å²) in [6.07, 6.45) is -3.50. The predicted octanol–water partition coefficient (Wildman–Crippen LogP) is 4.38. The monoisotopic (exact) mass is 481 g/mol. The number of halogens is 4. The van der Waals surface area contributed by atoms with E-state index in [-0.39, 0.29) is 18.4 Å². The fourth-order valence-corrected chi connectivity index (χ4v) is 5.04. The summed E-state index contributed by atoms with van der Waals surface area (Å²) in [7, 11) is 1.60. The molecule has 0 unspecified atom stereocenters. The van der Waals surface area contributed by atoms with Crippen molar-refractivity contribution < 1.29 is 22.7 Å². The molecular weight excluding hydrogens is 455 g/mol. The van der Waals surface area contributed by atoms with Crippen LogP contribution in [0.15, 0.2) is 42.5 Å². The van der Waals surface area contributed by atoms with Crippen LogP contribution in [0.5, 0.6) is 0 Å². The number of fused-ring (bicyclic) bond motifs is 3. The normalized spacial score (nSPS) is 20.3. The first-order chi connectivity index (χ1) is 15.8. The number of nitrogens with zero attached hydrogens (tertiary/aromatic N) is 2. The van der Waals surface area contributed by atoms with Gasteiger partial charge in [0.05, 0.1) is 28.2 Å². The molecule has 2 heterocycles. The molecule has 0 aromatic heterocycles. The number of rotatable bonds is 6. The molecule has 2 atom stereocenters. The average molecular weight is 482 g/mol. The first-order valence-electron chi connectivity index (χ1n) is 11.0. The van der Waals surface area contributed by atoms with Crippen LogP contribution in [0.4, 0.5) is 24.5 Å². The molecule has 178 valence electrons. The number of anilines is 2. The molecule has 1 saturated heterocycles. The van der Waals surface area contributed by atoms with Gasteiger partial charge < -0.3 is 19.9 Å². The van der Waals surface area contributed by atoms with Gasteiger partial charge in [-0.25, -0.2) is 0 Å². The van der Waals surface area contributed by atoms with E-state index in [1.807, 2.05) is 24.3 Å². The number of piperazine rings is 1. The minimum atomic E-state index is -4.42. The second kappa shape index (κ2) is 9.81. The van der Waals surface area contributed by atoms with Crippen LogP contribution in [0.3, 0.4) is 0 Å². The Hall–Kier alpha value is -2.45. The van der Waals surface area contributed by atoms with E-state index in [1.165, 1.54) is 6.07 Å². The molecule has 4 rings (SSSR count). The molecular formula is C24H27ClF3N3O2. The Labute approximate surface area is 196 Å². The standard InChI is InChI=1S/C24H27ClF3N3O2/c1-33-12-4-9-29-23(32)18-14-16-13-17(24(26,27)28)7-8-20(16)31-11-10-30(15-22(18)31)21-6-3-2-5-19(21)25/h2-3,5-8,13,18,22H,4,9-12,14-15H2,1H3,(H,29,32)/t18-,22-/m0/s1. The molecule has 2 aliphatic heterocycles. The molecule has 0 aliphatic carbocycles. The Morgan fingerprint density at radius 3 is 2.70 bits per heavy atom. The van der Waals surface area contributed by atoms with Gasteiger partial charge in [-0.15, -0.1) is 0 Å². The zero-order valence-electron chi connectivity index (χ0n) is 18.4. The predicted molar refractivity (Wildman–Crippen MR) is 123 cm³/mol. The van der Waals surface area contributed by atoms with E-state index in [0.717, 1.165) is 17.4 Å². The maximum atomic E-state index is 13.3. The number of para-hydroxylation sites is 1. The Balaban J connectivity index is 1.63. The van der Waals surface area contributed by atoms with Gasteiger partial charge in [0.2, 0.25) is 5.91 Å². The number of methoxy groups -OCH3 is 1. The molecule has 1 fully saturated rings. The van der Waals surface area contributed by atoms with Gasteiger partial charge in [0.15, 0.2) is 0 Å². The first-order valence-corrected chi connectivity index (χ1v) is 11.4. The fourth-order valence-electron chi connectivity index (χ4n) is 4.79. The van der Waals surface area contributed by atoms with Crippen LogP contribution in [0.2, 0.25) is 5.02 Å². The number of carbonyl (C=O) groups excluding carboxylic acids is 1. The van der Waals surface area contributed by atoms with Crippen LogP contribution < -0.4 is 15.1 Å². The maximum Gasteiger partial charge on any atom is 0.416 e. The molecule has 33 heavy (non-hydrogen) atoms. The van der Waals surface area contributed by atoms with Crippen molar-refractivity contribution in [1.29, 1.82) is 0 Å². The summed E-state index contributed by atoms with van der Waals surface area (Å²) in [5.74, 6) is -0.626. The van der Waals surface area contributed by atoms with Crippen LogP contribution in [0, 0.1) is 5.92 Å². The molecule has 1 amide bonds. The van der Waals surface area contributed by atoms with Crippen molar-refractivity contribution in [1.82, 2.24) is 5.32 Å². The number of hydrogen-bond acceptors (Lipinski definition) is 4. The molecule has 5 nitrogen and oxygen atoms in total. The van der Waals surface area contributed by atoms with Crippen molar-refractivity contribution in [3.63, 3.8) is 0 Å². The van der Waals surface area contributed by atoms with Crippen molar-refractivity contribution >= 4 is 28.9 Å². The van der Waals surface area contributed by atoms with Gasteiger partial charge in [0.25, 0.3) is 0 Å². The summed E-state index contributed by atoms with van der Waals surface area (Å²) in [5, 5.41) is 3.59. The summed E-state index contributed by atoms with van der Waals surface area (Å²) >= 11 is 6.42. The van der Waals surface area contributed by atoms with Gasteiger partial charge in [0, 0.05) is 45.6 Å². The number of alkyl halides is 3. The van der Waals surface area contributed by atoms with Gasteiger partial charge in [-0.3, -0.25) is 4.79 Å². The number of carbonyl (C=O) groups is 1. The summed E-state index contributed by atoms with van der Waals surface area (Å²) in [6.45, 7) is 2.78. The van der Waals surface area contributed by atoms with E-state index in [2.05, 4.69) is 15.1 Å². The zero-order chi connectivity index (χ0) is 23.6. The van der Waals surface area contributed by atoms with Crippen molar-refractivity contribution in [3.8, 4) is 0 Å². The molecule has 9 heteroatoms. The van der Waals surface area contributed by atoms with Crippen molar-refractivity contribution in [2.75, 3.05) is 49.7 Å². The average Bonchev–Trinajstić information content (AvgIpc) is 2.80. The molecule has 2 aromatic rings. The third-order valence-electron chi connectivity index (χ3n) is 6.39. The van der Waals surface area contributed by atoms with E-state index in [4.69, 9.17) is 16.3 Å². The second-order valence-electron chi connectivity index (χ2n) is 8.45. The first kappa shape index (κ1) is 23.7. The van der Waals surface area contributed by atoms with Gasteiger partial charge >= 0.3 is 6.18 Å². The highest BCUT2D eigenvalue weighted by molar-refractivity contribution is 6.33. The molecule has 0 saturated carbocycles. The van der Waals surface area contributed by atoms with Crippen molar-refractivity contribution in [2.24, 2.45) is 5.92 Å². The van der Waals surface area contributed by atoms with Crippen molar-refractivity contribution in [2.45, 2.75) is 25.1 Å². The van der Waals surface area contributed by atoms with Crippen LogP contribution in [0.25, 0.3) is 0 Å². The summed E-state index contributed by atoms with van der Waals surface area (Å²) in [5.41, 5.74) is 1.55. The maximum absolute atomic E-state index is 13.3. The lowest BCUT2D eigenvalue weighted by atomic mass is 9.82. The Kier molecular flexibility index (Phi) is 7.05. The van der Waals surface area contributed by atoms with Gasteiger partial charge in [0.1, 0.15) is 0 Å². The molecule has 2 aliphatic rings. The van der Waals surface area contributed by atoms with Crippen LogP contribution in [-0.4, -0.2) is 51.8 Å². The minimum absolute atomic E-state index is 0.148. The van der Waals surface area contributed by atoms with Crippen LogP contribution >= 0.6 is 11.6 Å². The van der Waals surface area contributed by atoms with E-state index in [1.54, 1.807) is 13.2 Å². The van der Waals surface area contributed by atoms with Gasteiger partial charge in [-0.05, 0) is 48.7 Å². The van der Waals surface area contributed by atoms with E-state index in [9.17, 15) is 18.0 Å². The SMILES string of the molecule is COCCCNC(=O)[C@H]1Cc2cc(C(F)(F)F)ccc2N2CCN(c3ccccc3Cl)C[C@@H]12. The molecule has 0 radical (unpaired) electrons. The number of hydrogen-bond donors (Lipinski definition) is 1. The Bertz CT molecular complexity index is 1000. The number of benzene rings is 2. The van der Waals surface area contributed by atoms with E-state index >= 15 is 0 Å². The lowest BCUT2D eigenvalue weighted by Gasteiger charge is -2.50. The third-order valence-corrected chi connectivity index (χ3v) is 6.71. The minimum Gasteiger partial charge on any atom is -0.385 e. The second-order valence-corrected chi connectivity index (χ2v) is 8.85. The highest BCUT2D eigenvalue weighted by Crippen LogP contribution is 2.40. The molecule has 2 aromatic carbocycles. The van der Waals surface area contributed by atoms with Crippen LogP contribution in [0.1, 0.15) is 17.5 Å². The summed E-state index contributed by atoms with van der Waals surface area (Å²) < 4.78 is 45.1. The fraction of sp³-hybridized carbons (Fsp3) is 0.458. The van der Waals surface area contributed by atoms with Gasteiger partial charge in [-0.2, -0.15) is 13.2 Å². The lowest BCUT2D eigenvalue weighted by Crippen LogP contribution is -2.61. The summed E-state index contributed by atoms with van der Waals surface area (Å²) in [4.78, 5) is 17.4. The summed E-state index contributed by atoms with van der Waals surface area (Å²) in [6, 6.07) is 11.3. The van der Waals surface area contributed by atoms with E-state index in [0.29, 0.717) is 49.8 Å².